The minimum Gasteiger partial charge on any atom is -0.347 e. The monoisotopic (exact) mass is 467 g/mol. The van der Waals surface area contributed by atoms with Crippen LogP contribution in [0.3, 0.4) is 0 Å². The maximum Gasteiger partial charge on any atom is 0.264 e. The van der Waals surface area contributed by atoms with E-state index < -0.39 is 11.2 Å². The summed E-state index contributed by atoms with van der Waals surface area (Å²) in [4.78, 5) is 28.1. The maximum atomic E-state index is 13.5. The lowest BCUT2D eigenvalue weighted by atomic mass is 10.0. The average molecular weight is 468 g/mol. The summed E-state index contributed by atoms with van der Waals surface area (Å²) < 4.78 is 0. The van der Waals surface area contributed by atoms with Crippen LogP contribution in [0.15, 0.2) is 89.5 Å². The van der Waals surface area contributed by atoms with Gasteiger partial charge >= 0.3 is 0 Å². The first-order valence-corrected chi connectivity index (χ1v) is 11.9. The second-order valence-electron chi connectivity index (χ2n) is 8.20. The Morgan fingerprint density at radius 3 is 2.29 bits per heavy atom. The van der Waals surface area contributed by atoms with Gasteiger partial charge in [-0.2, -0.15) is 5.26 Å². The predicted octanol–water partition coefficient (Wildman–Crippen LogP) is 5.05. The van der Waals surface area contributed by atoms with Crippen molar-refractivity contribution < 1.29 is 9.59 Å². The quantitative estimate of drug-likeness (QED) is 0.407. The number of hydrogen-bond acceptors (Lipinski definition) is 4. The number of benzene rings is 3. The molecular weight excluding hydrogens is 442 g/mol. The number of anilines is 1. The van der Waals surface area contributed by atoms with E-state index in [0.29, 0.717) is 23.7 Å². The van der Waals surface area contributed by atoms with Gasteiger partial charge in [0.15, 0.2) is 0 Å². The molecule has 1 N–H and O–H groups in total. The van der Waals surface area contributed by atoms with Crippen molar-refractivity contribution in [2.75, 3.05) is 4.90 Å². The van der Waals surface area contributed by atoms with Crippen LogP contribution in [0.2, 0.25) is 0 Å². The van der Waals surface area contributed by atoms with E-state index in [9.17, 15) is 14.9 Å². The first-order valence-electron chi connectivity index (χ1n) is 11.1. The third-order valence-electron chi connectivity index (χ3n) is 5.81. The highest BCUT2D eigenvalue weighted by atomic mass is 32.2. The number of para-hydroxylation sites is 1. The Balaban J connectivity index is 1.66. The van der Waals surface area contributed by atoms with Gasteiger partial charge in [0.2, 0.25) is 5.91 Å². The van der Waals surface area contributed by atoms with Crippen LogP contribution in [0.4, 0.5) is 5.69 Å². The van der Waals surface area contributed by atoms with Gasteiger partial charge in [-0.25, -0.2) is 0 Å². The maximum absolute atomic E-state index is 13.5. The third-order valence-corrected chi connectivity index (χ3v) is 7.07. The smallest absolute Gasteiger partial charge is 0.264 e. The largest absolute Gasteiger partial charge is 0.347 e. The number of amides is 2. The molecule has 1 fully saturated rings. The Bertz CT molecular complexity index is 1280. The van der Waals surface area contributed by atoms with Crippen molar-refractivity contribution in [2.45, 2.75) is 32.1 Å². The zero-order valence-electron chi connectivity index (χ0n) is 19.1. The number of carbonyl (C=O) groups excluding carboxylic acids is 2. The number of aryl methyl sites for hydroxylation is 2. The fraction of sp³-hybridized carbons (Fsp3) is 0.179. The van der Waals surface area contributed by atoms with Crippen LogP contribution in [-0.4, -0.2) is 17.1 Å². The Labute approximate surface area is 204 Å². The lowest BCUT2D eigenvalue weighted by Gasteiger charge is -2.18. The van der Waals surface area contributed by atoms with Gasteiger partial charge in [-0.3, -0.25) is 14.5 Å². The SMILES string of the molecule is Cc1ccc(CC2S/C(=C(/C#N)C(=O)NCc3ccccc3)N(c3ccccc3)C2=O)cc1C. The van der Waals surface area contributed by atoms with E-state index >= 15 is 0 Å². The molecule has 2 amide bonds. The van der Waals surface area contributed by atoms with Gasteiger partial charge in [0, 0.05) is 12.2 Å². The van der Waals surface area contributed by atoms with Crippen LogP contribution < -0.4 is 10.2 Å². The van der Waals surface area contributed by atoms with Crippen molar-refractivity contribution in [1.82, 2.24) is 5.32 Å². The fourth-order valence-corrected chi connectivity index (χ4v) is 5.12. The lowest BCUT2D eigenvalue weighted by Crippen LogP contribution is -2.32. The average Bonchev–Trinajstić information content (AvgIpc) is 3.17. The summed E-state index contributed by atoms with van der Waals surface area (Å²) in [5.41, 5.74) is 4.93. The lowest BCUT2D eigenvalue weighted by molar-refractivity contribution is -0.117. The predicted molar refractivity (Wildman–Crippen MR) is 136 cm³/mol. The molecule has 1 aliphatic heterocycles. The zero-order valence-corrected chi connectivity index (χ0v) is 19.9. The van der Waals surface area contributed by atoms with E-state index in [1.165, 1.54) is 27.8 Å². The Morgan fingerprint density at radius 2 is 1.65 bits per heavy atom. The summed E-state index contributed by atoms with van der Waals surface area (Å²) in [6.07, 6.45) is 0.516. The van der Waals surface area contributed by atoms with Crippen LogP contribution in [0.25, 0.3) is 0 Å². The van der Waals surface area contributed by atoms with Crippen molar-refractivity contribution in [3.63, 3.8) is 0 Å². The first kappa shape index (κ1) is 23.3. The minimum atomic E-state index is -0.491. The first-order chi connectivity index (χ1) is 16.5. The fourth-order valence-electron chi connectivity index (χ4n) is 3.81. The Hall–Kier alpha value is -3.82. The molecule has 1 aliphatic rings. The summed E-state index contributed by atoms with van der Waals surface area (Å²) in [5, 5.41) is 12.7. The molecule has 0 saturated carbocycles. The number of nitriles is 1. The van der Waals surface area contributed by atoms with E-state index in [4.69, 9.17) is 0 Å². The molecule has 3 aromatic carbocycles. The van der Waals surface area contributed by atoms with Gasteiger partial charge in [0.1, 0.15) is 16.7 Å². The molecule has 1 saturated heterocycles. The van der Waals surface area contributed by atoms with Crippen molar-refractivity contribution >= 4 is 29.3 Å². The molecule has 1 unspecified atom stereocenters. The van der Waals surface area contributed by atoms with Crippen molar-refractivity contribution in [1.29, 1.82) is 5.26 Å². The Kier molecular flexibility index (Phi) is 7.15. The number of hydrogen-bond donors (Lipinski definition) is 1. The molecule has 0 spiro atoms. The molecule has 4 rings (SSSR count). The second-order valence-corrected chi connectivity index (χ2v) is 9.39. The highest BCUT2D eigenvalue weighted by Gasteiger charge is 2.40. The van der Waals surface area contributed by atoms with Gasteiger partial charge in [-0.15, -0.1) is 0 Å². The number of nitrogens with zero attached hydrogens (tertiary/aromatic N) is 2. The molecule has 0 radical (unpaired) electrons. The third kappa shape index (κ3) is 5.05. The summed E-state index contributed by atoms with van der Waals surface area (Å²) in [6, 6.07) is 26.9. The molecule has 34 heavy (non-hydrogen) atoms. The summed E-state index contributed by atoms with van der Waals surface area (Å²) >= 11 is 1.28. The topological polar surface area (TPSA) is 73.2 Å². The summed E-state index contributed by atoms with van der Waals surface area (Å²) in [6.45, 7) is 4.41. The molecule has 6 heteroatoms. The van der Waals surface area contributed by atoms with Gasteiger partial charge in [0.25, 0.3) is 5.91 Å². The van der Waals surface area contributed by atoms with Crippen LogP contribution in [0.5, 0.6) is 0 Å². The molecule has 170 valence electrons. The van der Waals surface area contributed by atoms with Crippen molar-refractivity contribution in [2.24, 2.45) is 0 Å². The summed E-state index contributed by atoms with van der Waals surface area (Å²) in [7, 11) is 0. The highest BCUT2D eigenvalue weighted by molar-refractivity contribution is 8.05. The van der Waals surface area contributed by atoms with Gasteiger partial charge < -0.3 is 5.32 Å². The number of carbonyl (C=O) groups is 2. The normalized spacial score (nSPS) is 16.8. The zero-order chi connectivity index (χ0) is 24.1. The van der Waals surface area contributed by atoms with Gasteiger partial charge in [0.05, 0.1) is 5.25 Å². The molecule has 0 aromatic heterocycles. The number of rotatable bonds is 6. The van der Waals surface area contributed by atoms with Crippen LogP contribution >= 0.6 is 11.8 Å². The molecule has 0 bridgehead atoms. The molecule has 5 nitrogen and oxygen atoms in total. The van der Waals surface area contributed by atoms with Gasteiger partial charge in [-0.1, -0.05) is 78.5 Å². The number of nitrogens with one attached hydrogen (secondary N) is 1. The molecular formula is C28H25N3O2S. The van der Waals surface area contributed by atoms with E-state index in [0.717, 1.165) is 11.1 Å². The van der Waals surface area contributed by atoms with Crippen LogP contribution in [0, 0.1) is 25.2 Å². The molecule has 0 aliphatic carbocycles. The van der Waals surface area contributed by atoms with E-state index in [1.807, 2.05) is 66.7 Å². The summed E-state index contributed by atoms with van der Waals surface area (Å²) in [5.74, 6) is -0.623. The molecule has 1 heterocycles. The van der Waals surface area contributed by atoms with E-state index in [1.54, 1.807) is 0 Å². The van der Waals surface area contributed by atoms with Crippen LogP contribution in [0.1, 0.15) is 22.3 Å². The minimum absolute atomic E-state index is 0.0549. The van der Waals surface area contributed by atoms with Crippen molar-refractivity contribution in [3.8, 4) is 6.07 Å². The van der Waals surface area contributed by atoms with E-state index in [-0.39, 0.29) is 11.5 Å². The van der Waals surface area contributed by atoms with E-state index in [2.05, 4.69) is 37.4 Å². The van der Waals surface area contributed by atoms with Crippen molar-refractivity contribution in [3.05, 3.63) is 112 Å². The second kappa shape index (κ2) is 10.4. The molecule has 1 atom stereocenters. The number of thioether (sulfide) groups is 1. The standard InChI is InChI=1S/C28H25N3O2S/c1-19-13-14-22(15-20(19)2)16-25-27(33)31(23-11-7-4-8-12-23)28(34-25)24(17-29)26(32)30-18-21-9-5-3-6-10-21/h3-15,25H,16,18H2,1-2H3,(H,30,32)/b28-24-. The Morgan fingerprint density at radius 1 is 0.971 bits per heavy atom. The highest BCUT2D eigenvalue weighted by Crippen LogP contribution is 2.41. The molecule has 3 aromatic rings. The van der Waals surface area contributed by atoms with Gasteiger partial charge in [-0.05, 0) is 54.7 Å². The van der Waals surface area contributed by atoms with Crippen LogP contribution in [-0.2, 0) is 22.6 Å².